The maximum atomic E-state index is 12.3. The smallest absolute Gasteiger partial charge is 0.251 e. The Morgan fingerprint density at radius 1 is 1.09 bits per heavy atom. The van der Waals surface area contributed by atoms with Crippen molar-refractivity contribution in [3.05, 3.63) is 65.2 Å². The van der Waals surface area contributed by atoms with Crippen LogP contribution in [0.3, 0.4) is 0 Å². The molecule has 0 radical (unpaired) electrons. The van der Waals surface area contributed by atoms with Crippen molar-refractivity contribution in [1.29, 1.82) is 0 Å². The molecule has 2 aromatic carbocycles. The Morgan fingerprint density at radius 3 is 2.47 bits per heavy atom. The van der Waals surface area contributed by atoms with Crippen LogP contribution in [0.15, 0.2) is 48.5 Å². The molecule has 7 nitrogen and oxygen atoms in total. The summed E-state index contributed by atoms with van der Waals surface area (Å²) in [5.41, 5.74) is 2.91. The van der Waals surface area contributed by atoms with Gasteiger partial charge in [0.05, 0.1) is 18.2 Å². The van der Waals surface area contributed by atoms with Crippen molar-refractivity contribution in [3.8, 4) is 0 Å². The molecule has 0 bridgehead atoms. The van der Waals surface area contributed by atoms with E-state index in [1.807, 2.05) is 45.3 Å². The van der Waals surface area contributed by atoms with Gasteiger partial charge in [0.2, 0.25) is 5.91 Å². The zero-order chi connectivity index (χ0) is 24.3. The molecular weight excluding hydrogens is 428 g/mol. The molecule has 0 aromatic heterocycles. The number of carbonyl (C=O) groups is 2. The number of rotatable bonds is 7. The molecule has 4 rings (SSSR count). The lowest BCUT2D eigenvalue weighted by atomic mass is 9.76. The lowest BCUT2D eigenvalue weighted by molar-refractivity contribution is -0.122. The number of aryl methyl sites for hydroxylation is 1. The van der Waals surface area contributed by atoms with Crippen molar-refractivity contribution in [1.82, 2.24) is 15.5 Å². The molecule has 182 valence electrons. The van der Waals surface area contributed by atoms with Gasteiger partial charge in [-0.15, -0.1) is 0 Å². The Balaban J connectivity index is 1.19. The molecule has 1 saturated carbocycles. The van der Waals surface area contributed by atoms with Crippen LogP contribution in [0.4, 0.5) is 5.69 Å². The third kappa shape index (κ3) is 5.59. The summed E-state index contributed by atoms with van der Waals surface area (Å²) in [7, 11) is 4.02. The van der Waals surface area contributed by atoms with Crippen LogP contribution >= 0.6 is 0 Å². The Kier molecular flexibility index (Phi) is 7.24. The van der Waals surface area contributed by atoms with Crippen molar-refractivity contribution in [2.24, 2.45) is 0 Å². The predicted octanol–water partition coefficient (Wildman–Crippen LogP) is 2.42. The zero-order valence-corrected chi connectivity index (χ0v) is 20.4. The first-order valence-electron chi connectivity index (χ1n) is 12.1. The summed E-state index contributed by atoms with van der Waals surface area (Å²) in [6.45, 7) is 3.54. The quantitative estimate of drug-likeness (QED) is 0.586. The Morgan fingerprint density at radius 2 is 1.79 bits per heavy atom. The maximum Gasteiger partial charge on any atom is 0.251 e. The highest BCUT2D eigenvalue weighted by molar-refractivity contribution is 5.96. The molecule has 0 unspecified atom stereocenters. The minimum Gasteiger partial charge on any atom is -0.385 e. The van der Waals surface area contributed by atoms with Crippen LogP contribution in [0, 0.1) is 6.92 Å². The van der Waals surface area contributed by atoms with Crippen LogP contribution < -0.4 is 15.5 Å². The summed E-state index contributed by atoms with van der Waals surface area (Å²) < 4.78 is 0. The van der Waals surface area contributed by atoms with E-state index < -0.39 is 5.60 Å². The molecule has 2 aliphatic rings. The van der Waals surface area contributed by atoms with Crippen LogP contribution in [-0.4, -0.2) is 67.6 Å². The minimum absolute atomic E-state index is 0.0221. The van der Waals surface area contributed by atoms with Gasteiger partial charge in [-0.25, -0.2) is 0 Å². The van der Waals surface area contributed by atoms with Crippen LogP contribution in [0.5, 0.6) is 0 Å². The molecule has 0 atom stereocenters. The topological polar surface area (TPSA) is 84.9 Å². The summed E-state index contributed by atoms with van der Waals surface area (Å²) in [5, 5.41) is 17.0. The summed E-state index contributed by atoms with van der Waals surface area (Å²) in [6.07, 6.45) is 3.37. The standard InChI is InChI=1S/C27H36N4O3/c1-19-6-4-7-20(14-19)26(33)28-16-25(32)29-22-17-31(18-22)23-10-12-27(34,13-11-23)21-8-5-9-24(15-21)30(2)3/h4-9,14-15,22-23,34H,10-13,16-18H2,1-3H3,(H,28,33)(H,29,32)/t23-,27-. The van der Waals surface area contributed by atoms with Gasteiger partial charge < -0.3 is 20.6 Å². The van der Waals surface area contributed by atoms with Gasteiger partial charge in [-0.2, -0.15) is 0 Å². The molecule has 3 N–H and O–H groups in total. The average Bonchev–Trinajstić information content (AvgIpc) is 2.80. The molecule has 1 aliphatic carbocycles. The maximum absolute atomic E-state index is 12.3. The Bertz CT molecular complexity index is 1020. The minimum atomic E-state index is -0.767. The molecular formula is C27H36N4O3. The number of carbonyl (C=O) groups excluding carboxylic acids is 2. The Hall–Kier alpha value is -2.90. The third-order valence-corrected chi connectivity index (χ3v) is 7.16. The van der Waals surface area contributed by atoms with Gasteiger partial charge in [0, 0.05) is 44.5 Å². The summed E-state index contributed by atoms with van der Waals surface area (Å²) in [6, 6.07) is 16.1. The number of hydrogen-bond acceptors (Lipinski definition) is 5. The fourth-order valence-electron chi connectivity index (χ4n) is 5.04. The third-order valence-electron chi connectivity index (χ3n) is 7.16. The van der Waals surface area contributed by atoms with Crippen molar-refractivity contribution in [2.75, 3.05) is 38.6 Å². The van der Waals surface area contributed by atoms with E-state index in [0.29, 0.717) is 11.6 Å². The fraction of sp³-hybridized carbons (Fsp3) is 0.481. The van der Waals surface area contributed by atoms with Gasteiger partial charge in [0.15, 0.2) is 0 Å². The molecule has 2 amide bonds. The highest BCUT2D eigenvalue weighted by Gasteiger charge is 2.40. The van der Waals surface area contributed by atoms with Crippen molar-refractivity contribution < 1.29 is 14.7 Å². The van der Waals surface area contributed by atoms with Gasteiger partial charge in [0.1, 0.15) is 0 Å². The van der Waals surface area contributed by atoms with Crippen LogP contribution in [0.25, 0.3) is 0 Å². The SMILES string of the molecule is Cc1cccc(C(=O)NCC(=O)NC2CN([C@H]3CC[C@@](O)(c4cccc(N(C)C)c4)CC3)C2)c1. The van der Waals surface area contributed by atoms with E-state index in [0.717, 1.165) is 55.6 Å². The molecule has 0 spiro atoms. The first kappa shape index (κ1) is 24.2. The first-order valence-corrected chi connectivity index (χ1v) is 12.1. The van der Waals surface area contributed by atoms with Crippen molar-refractivity contribution >= 4 is 17.5 Å². The first-order chi connectivity index (χ1) is 16.2. The van der Waals surface area contributed by atoms with Crippen LogP contribution in [0.2, 0.25) is 0 Å². The number of hydrogen-bond donors (Lipinski definition) is 3. The second-order valence-electron chi connectivity index (χ2n) is 9.98. The van der Waals surface area contributed by atoms with E-state index >= 15 is 0 Å². The van der Waals surface area contributed by atoms with Gasteiger partial charge >= 0.3 is 0 Å². The van der Waals surface area contributed by atoms with Gasteiger partial charge in [-0.05, 0) is 62.4 Å². The molecule has 2 fully saturated rings. The van der Waals surface area contributed by atoms with Crippen molar-refractivity contribution in [2.45, 2.75) is 50.3 Å². The number of likely N-dealkylation sites (tertiary alicyclic amines) is 1. The number of nitrogens with zero attached hydrogens (tertiary/aromatic N) is 2. The summed E-state index contributed by atoms with van der Waals surface area (Å²) in [4.78, 5) is 28.9. The second kappa shape index (κ2) is 10.2. The molecule has 2 aromatic rings. The highest BCUT2D eigenvalue weighted by atomic mass is 16.3. The predicted molar refractivity (Wildman–Crippen MR) is 134 cm³/mol. The van der Waals surface area contributed by atoms with Gasteiger partial charge in [0.25, 0.3) is 5.91 Å². The van der Waals surface area contributed by atoms with Crippen LogP contribution in [-0.2, 0) is 10.4 Å². The van der Waals surface area contributed by atoms with E-state index in [9.17, 15) is 14.7 Å². The highest BCUT2D eigenvalue weighted by Crippen LogP contribution is 2.40. The molecule has 1 aliphatic heterocycles. The number of benzene rings is 2. The normalized spacial score (nSPS) is 23.1. The van der Waals surface area contributed by atoms with Gasteiger partial charge in [-0.1, -0.05) is 29.8 Å². The lowest BCUT2D eigenvalue weighted by Gasteiger charge is -2.48. The van der Waals surface area contributed by atoms with E-state index in [1.54, 1.807) is 12.1 Å². The van der Waals surface area contributed by atoms with Gasteiger partial charge in [-0.3, -0.25) is 14.5 Å². The van der Waals surface area contributed by atoms with E-state index in [-0.39, 0.29) is 24.4 Å². The number of amides is 2. The largest absolute Gasteiger partial charge is 0.385 e. The molecule has 7 heteroatoms. The van der Waals surface area contributed by atoms with E-state index in [2.05, 4.69) is 32.6 Å². The average molecular weight is 465 g/mol. The van der Waals surface area contributed by atoms with E-state index in [1.165, 1.54) is 0 Å². The summed E-state index contributed by atoms with van der Waals surface area (Å²) >= 11 is 0. The fourth-order valence-corrected chi connectivity index (χ4v) is 5.04. The van der Waals surface area contributed by atoms with E-state index in [4.69, 9.17) is 0 Å². The molecule has 1 saturated heterocycles. The molecule has 34 heavy (non-hydrogen) atoms. The number of anilines is 1. The summed E-state index contributed by atoms with van der Waals surface area (Å²) in [5.74, 6) is -0.399. The molecule has 1 heterocycles. The second-order valence-corrected chi connectivity index (χ2v) is 9.98. The number of nitrogens with one attached hydrogen (secondary N) is 2. The van der Waals surface area contributed by atoms with Crippen molar-refractivity contribution in [3.63, 3.8) is 0 Å². The monoisotopic (exact) mass is 464 g/mol. The number of aliphatic hydroxyl groups is 1. The Labute approximate surface area is 202 Å². The zero-order valence-electron chi connectivity index (χ0n) is 20.4. The lowest BCUT2D eigenvalue weighted by Crippen LogP contribution is -2.63. The van der Waals surface area contributed by atoms with Crippen LogP contribution in [0.1, 0.15) is 47.2 Å².